The lowest BCUT2D eigenvalue weighted by atomic mass is 10.1. The summed E-state index contributed by atoms with van der Waals surface area (Å²) in [7, 11) is 0. The molecule has 0 saturated heterocycles. The average molecular weight is 474 g/mol. The Hall–Kier alpha value is -4.05. The first kappa shape index (κ1) is 21.8. The molecule has 0 atom stereocenters. The molecule has 1 aliphatic rings. The van der Waals surface area contributed by atoms with E-state index < -0.39 is 5.91 Å². The maximum Gasteiger partial charge on any atom is 0.268 e. The molecule has 34 heavy (non-hydrogen) atoms. The van der Waals surface area contributed by atoms with E-state index in [0.29, 0.717) is 23.2 Å². The third kappa shape index (κ3) is 4.03. The Balaban J connectivity index is 1.38. The number of rotatable bonds is 6. The van der Waals surface area contributed by atoms with Gasteiger partial charge in [0.2, 0.25) is 11.9 Å². The number of hydrogen-bond acceptors (Lipinski definition) is 7. The van der Waals surface area contributed by atoms with E-state index in [4.69, 9.17) is 10.7 Å². The van der Waals surface area contributed by atoms with Gasteiger partial charge < -0.3 is 20.9 Å². The highest BCUT2D eigenvalue weighted by atomic mass is 32.1. The van der Waals surface area contributed by atoms with Crippen molar-refractivity contribution in [1.29, 1.82) is 0 Å². The van der Waals surface area contributed by atoms with Gasteiger partial charge in [-0.05, 0) is 37.6 Å². The van der Waals surface area contributed by atoms with Crippen molar-refractivity contribution in [3.05, 3.63) is 63.9 Å². The Morgan fingerprint density at radius 3 is 2.71 bits per heavy atom. The molecule has 0 saturated carbocycles. The van der Waals surface area contributed by atoms with Crippen LogP contribution in [0, 0.1) is 13.8 Å². The minimum Gasteiger partial charge on any atom is -0.369 e. The van der Waals surface area contributed by atoms with Crippen LogP contribution in [0.3, 0.4) is 0 Å². The quantitative estimate of drug-likeness (QED) is 0.395. The van der Waals surface area contributed by atoms with Crippen LogP contribution in [0.5, 0.6) is 0 Å². The molecule has 1 aliphatic heterocycles. The van der Waals surface area contributed by atoms with E-state index in [9.17, 15) is 9.59 Å². The van der Waals surface area contributed by atoms with Crippen LogP contribution in [0.2, 0.25) is 0 Å². The summed E-state index contributed by atoms with van der Waals surface area (Å²) < 4.78 is 2.06. The van der Waals surface area contributed by atoms with Crippen LogP contribution in [-0.4, -0.2) is 37.9 Å². The van der Waals surface area contributed by atoms with Gasteiger partial charge in [-0.3, -0.25) is 9.59 Å². The zero-order valence-corrected chi connectivity index (χ0v) is 19.6. The molecule has 9 nitrogen and oxygen atoms in total. The summed E-state index contributed by atoms with van der Waals surface area (Å²) in [6.45, 7) is 5.35. The highest BCUT2D eigenvalue weighted by molar-refractivity contribution is 7.10. The van der Waals surface area contributed by atoms with Crippen molar-refractivity contribution in [3.63, 3.8) is 0 Å². The smallest absolute Gasteiger partial charge is 0.268 e. The van der Waals surface area contributed by atoms with E-state index in [1.165, 1.54) is 11.3 Å². The van der Waals surface area contributed by atoms with Crippen molar-refractivity contribution < 1.29 is 9.59 Å². The molecule has 5 rings (SSSR count). The van der Waals surface area contributed by atoms with Gasteiger partial charge in [-0.25, -0.2) is 15.0 Å². The van der Waals surface area contributed by atoms with Crippen LogP contribution in [0.4, 0.5) is 11.6 Å². The molecular formula is C24H23N7O2S. The number of thiazole rings is 1. The summed E-state index contributed by atoms with van der Waals surface area (Å²) in [6.07, 6.45) is 1.86. The molecule has 0 fully saturated rings. The van der Waals surface area contributed by atoms with Gasteiger partial charge in [0, 0.05) is 47.2 Å². The SMILES string of the molecule is Cc1c(-c2ccnc(Nc3ccc(-c4csc(CC(N)=O)n4)cc3)n2)c(C)n2c1C(=O)NCC2. The van der Waals surface area contributed by atoms with Gasteiger partial charge >= 0.3 is 0 Å². The van der Waals surface area contributed by atoms with Gasteiger partial charge in [0.05, 0.1) is 17.8 Å². The van der Waals surface area contributed by atoms with Crippen LogP contribution in [0.1, 0.15) is 26.8 Å². The number of carbonyl (C=O) groups is 2. The van der Waals surface area contributed by atoms with Gasteiger partial charge in [-0.15, -0.1) is 11.3 Å². The number of anilines is 2. The zero-order valence-electron chi connectivity index (χ0n) is 18.8. The summed E-state index contributed by atoms with van der Waals surface area (Å²) in [5.74, 6) is 0.0272. The number of hydrogen-bond donors (Lipinski definition) is 3. The van der Waals surface area contributed by atoms with Gasteiger partial charge in [0.25, 0.3) is 5.91 Å². The Bertz CT molecular complexity index is 1410. The first-order valence-electron chi connectivity index (χ1n) is 10.8. The third-order valence-corrected chi connectivity index (χ3v) is 6.68. The number of benzene rings is 1. The first-order chi connectivity index (χ1) is 16.4. The molecule has 1 aromatic carbocycles. The fourth-order valence-electron chi connectivity index (χ4n) is 4.29. The second-order valence-corrected chi connectivity index (χ2v) is 9.02. The number of carbonyl (C=O) groups excluding carboxylic acids is 2. The number of nitrogens with one attached hydrogen (secondary N) is 2. The predicted molar refractivity (Wildman–Crippen MR) is 131 cm³/mol. The second-order valence-electron chi connectivity index (χ2n) is 8.08. The van der Waals surface area contributed by atoms with E-state index in [0.717, 1.165) is 46.0 Å². The maximum atomic E-state index is 12.4. The van der Waals surface area contributed by atoms with Gasteiger partial charge in [-0.2, -0.15) is 0 Å². The van der Waals surface area contributed by atoms with Crippen LogP contribution >= 0.6 is 11.3 Å². The number of primary amides is 1. The standard InChI is InChI=1S/C24H23N7O2S/c1-13-21(14(2)31-10-9-26-23(33)22(13)31)17-7-8-27-24(30-17)28-16-5-3-15(4-6-16)18-12-34-20(29-18)11-19(25)32/h3-8,12H,9-11H2,1-2H3,(H2,25,32)(H,26,33)(H,27,28,30). The molecular weight excluding hydrogens is 450 g/mol. The lowest BCUT2D eigenvalue weighted by Crippen LogP contribution is -2.35. The third-order valence-electron chi connectivity index (χ3n) is 5.83. The van der Waals surface area contributed by atoms with E-state index in [2.05, 4.69) is 25.2 Å². The number of nitrogens with zero attached hydrogens (tertiary/aromatic N) is 4. The highest BCUT2D eigenvalue weighted by Crippen LogP contribution is 2.32. The average Bonchev–Trinajstić information content (AvgIpc) is 3.37. The van der Waals surface area contributed by atoms with Crippen molar-refractivity contribution in [2.75, 3.05) is 11.9 Å². The largest absolute Gasteiger partial charge is 0.369 e. The summed E-state index contributed by atoms with van der Waals surface area (Å²) in [5.41, 5.74) is 12.2. The summed E-state index contributed by atoms with van der Waals surface area (Å²) in [6, 6.07) is 9.61. The molecule has 0 unspecified atom stereocenters. The fraction of sp³-hybridized carbons (Fsp3) is 0.208. The normalized spacial score (nSPS) is 12.8. The fourth-order valence-corrected chi connectivity index (χ4v) is 5.11. The second kappa shape index (κ2) is 8.71. The lowest BCUT2D eigenvalue weighted by Gasteiger charge is -2.17. The van der Waals surface area contributed by atoms with Crippen molar-refractivity contribution >= 4 is 34.8 Å². The molecule has 0 spiro atoms. The number of amides is 2. The molecule has 3 aromatic heterocycles. The van der Waals surface area contributed by atoms with Crippen molar-refractivity contribution in [2.45, 2.75) is 26.8 Å². The van der Waals surface area contributed by atoms with E-state index in [1.54, 1.807) is 6.20 Å². The van der Waals surface area contributed by atoms with Crippen molar-refractivity contribution in [2.24, 2.45) is 5.73 Å². The lowest BCUT2D eigenvalue weighted by molar-refractivity contribution is -0.117. The minimum atomic E-state index is -0.392. The number of nitrogens with two attached hydrogens (primary N) is 1. The molecule has 4 aromatic rings. The predicted octanol–water partition coefficient (Wildman–Crippen LogP) is 3.20. The zero-order chi connectivity index (χ0) is 23.8. The number of aromatic nitrogens is 4. The van der Waals surface area contributed by atoms with Crippen molar-refractivity contribution in [1.82, 2.24) is 24.8 Å². The molecule has 0 aliphatic carbocycles. The number of fused-ring (bicyclic) bond motifs is 1. The van der Waals surface area contributed by atoms with Crippen LogP contribution < -0.4 is 16.4 Å². The molecule has 2 amide bonds. The first-order valence-corrected chi connectivity index (χ1v) is 11.7. The highest BCUT2D eigenvalue weighted by Gasteiger charge is 2.26. The topological polar surface area (TPSA) is 128 Å². The maximum absolute atomic E-state index is 12.4. The molecule has 0 bridgehead atoms. The van der Waals surface area contributed by atoms with Gasteiger partial charge in [-0.1, -0.05) is 12.1 Å². The summed E-state index contributed by atoms with van der Waals surface area (Å²) in [5, 5.41) is 8.77. The molecule has 10 heteroatoms. The minimum absolute atomic E-state index is 0.0487. The van der Waals surface area contributed by atoms with Crippen LogP contribution in [0.25, 0.3) is 22.5 Å². The van der Waals surface area contributed by atoms with E-state index in [1.807, 2.05) is 49.6 Å². The summed E-state index contributed by atoms with van der Waals surface area (Å²) >= 11 is 1.42. The molecule has 4 heterocycles. The molecule has 4 N–H and O–H groups in total. The van der Waals surface area contributed by atoms with Crippen LogP contribution in [-0.2, 0) is 17.8 Å². The Kier molecular flexibility index (Phi) is 5.58. The van der Waals surface area contributed by atoms with E-state index >= 15 is 0 Å². The van der Waals surface area contributed by atoms with Crippen molar-refractivity contribution in [3.8, 4) is 22.5 Å². The van der Waals surface area contributed by atoms with Crippen LogP contribution in [0.15, 0.2) is 41.9 Å². The Morgan fingerprint density at radius 1 is 1.18 bits per heavy atom. The van der Waals surface area contributed by atoms with Gasteiger partial charge in [0.1, 0.15) is 10.7 Å². The Labute approximate surface area is 200 Å². The van der Waals surface area contributed by atoms with Gasteiger partial charge in [0.15, 0.2) is 0 Å². The summed E-state index contributed by atoms with van der Waals surface area (Å²) in [4.78, 5) is 37.0. The monoisotopic (exact) mass is 473 g/mol. The Morgan fingerprint density at radius 2 is 1.97 bits per heavy atom. The molecule has 0 radical (unpaired) electrons. The molecule has 172 valence electrons. The van der Waals surface area contributed by atoms with E-state index in [-0.39, 0.29) is 12.3 Å².